The van der Waals surface area contributed by atoms with E-state index in [1.165, 1.54) is 23.1 Å². The van der Waals surface area contributed by atoms with Gasteiger partial charge in [0.2, 0.25) is 0 Å². The van der Waals surface area contributed by atoms with E-state index in [1.54, 1.807) is 19.0 Å². The van der Waals surface area contributed by atoms with Crippen molar-refractivity contribution in [2.24, 2.45) is 0 Å². The summed E-state index contributed by atoms with van der Waals surface area (Å²) >= 11 is 0. The Morgan fingerprint density at radius 1 is 1.38 bits per heavy atom. The van der Waals surface area contributed by atoms with Crippen molar-refractivity contribution in [3.63, 3.8) is 0 Å². The van der Waals surface area contributed by atoms with Crippen LogP contribution in [-0.4, -0.2) is 54.1 Å². The van der Waals surface area contributed by atoms with Gasteiger partial charge < -0.3 is 14.9 Å². The van der Waals surface area contributed by atoms with E-state index < -0.39 is 4.92 Å². The highest BCUT2D eigenvalue weighted by atomic mass is 16.6. The van der Waals surface area contributed by atoms with E-state index in [0.717, 1.165) is 0 Å². The number of amides is 1. The molecule has 1 N–H and O–H groups in total. The molecule has 0 fully saturated rings. The lowest BCUT2D eigenvalue weighted by atomic mass is 10.1. The van der Waals surface area contributed by atoms with E-state index in [0.29, 0.717) is 11.3 Å². The molecular weight excluding hydrogens is 274 g/mol. The van der Waals surface area contributed by atoms with Gasteiger partial charge in [-0.05, 0) is 26.0 Å². The second-order valence-corrected chi connectivity index (χ2v) is 5.17. The number of hydrogen-bond acceptors (Lipinski definition) is 5. The average molecular weight is 295 g/mol. The smallest absolute Gasteiger partial charge is 0.292 e. The first-order valence-electron chi connectivity index (χ1n) is 6.67. The number of carbonyl (C=O) groups is 1. The van der Waals surface area contributed by atoms with Gasteiger partial charge in [-0.25, -0.2) is 0 Å². The summed E-state index contributed by atoms with van der Waals surface area (Å²) in [6, 6.07) is 4.25. The Morgan fingerprint density at radius 3 is 2.43 bits per heavy atom. The van der Waals surface area contributed by atoms with Crippen LogP contribution < -0.4 is 4.90 Å². The van der Waals surface area contributed by atoms with Crippen molar-refractivity contribution < 1.29 is 14.8 Å². The fourth-order valence-electron chi connectivity index (χ4n) is 2.06. The molecule has 7 nitrogen and oxygen atoms in total. The van der Waals surface area contributed by atoms with Crippen LogP contribution in [0.4, 0.5) is 11.4 Å². The quantitative estimate of drug-likeness (QED) is 0.635. The van der Waals surface area contributed by atoms with Crippen LogP contribution in [0, 0.1) is 10.1 Å². The van der Waals surface area contributed by atoms with Gasteiger partial charge in [-0.2, -0.15) is 0 Å². The van der Waals surface area contributed by atoms with Gasteiger partial charge in [0.1, 0.15) is 5.69 Å². The lowest BCUT2D eigenvalue weighted by molar-refractivity contribution is -0.384. The normalized spacial score (nSPS) is 10.6. The van der Waals surface area contributed by atoms with E-state index >= 15 is 0 Å². The van der Waals surface area contributed by atoms with Crippen LogP contribution in [0.1, 0.15) is 24.2 Å². The minimum atomic E-state index is -0.480. The van der Waals surface area contributed by atoms with Crippen LogP contribution in [0.3, 0.4) is 0 Å². The SMILES string of the molecule is CC(C)N(CCO)c1cc(C(=O)N(C)C)ccc1[N+](=O)[O-]. The first kappa shape index (κ1) is 16.9. The lowest BCUT2D eigenvalue weighted by Gasteiger charge is -2.28. The average Bonchev–Trinajstić information content (AvgIpc) is 2.42. The largest absolute Gasteiger partial charge is 0.395 e. The molecule has 0 saturated heterocycles. The summed E-state index contributed by atoms with van der Waals surface area (Å²) in [5.74, 6) is -0.223. The van der Waals surface area contributed by atoms with Crippen LogP contribution in [0.2, 0.25) is 0 Å². The molecule has 0 aliphatic rings. The predicted molar refractivity (Wildman–Crippen MR) is 80.7 cm³/mol. The van der Waals surface area contributed by atoms with Gasteiger partial charge in [-0.3, -0.25) is 14.9 Å². The third-order valence-electron chi connectivity index (χ3n) is 3.10. The van der Waals surface area contributed by atoms with Crippen molar-refractivity contribution in [1.82, 2.24) is 4.90 Å². The molecule has 1 amide bonds. The Kier molecular flexibility index (Phi) is 5.66. The van der Waals surface area contributed by atoms with E-state index in [2.05, 4.69) is 0 Å². The lowest BCUT2D eigenvalue weighted by Crippen LogP contribution is -2.34. The third kappa shape index (κ3) is 3.91. The summed E-state index contributed by atoms with van der Waals surface area (Å²) in [5.41, 5.74) is 0.647. The van der Waals surface area contributed by atoms with E-state index in [9.17, 15) is 14.9 Å². The summed E-state index contributed by atoms with van der Waals surface area (Å²) in [6.07, 6.45) is 0. The van der Waals surface area contributed by atoms with Crippen LogP contribution in [-0.2, 0) is 0 Å². The minimum Gasteiger partial charge on any atom is -0.395 e. The zero-order chi connectivity index (χ0) is 16.2. The van der Waals surface area contributed by atoms with Gasteiger partial charge >= 0.3 is 0 Å². The maximum Gasteiger partial charge on any atom is 0.292 e. The Bertz CT molecular complexity index is 529. The summed E-state index contributed by atoms with van der Waals surface area (Å²) in [7, 11) is 3.24. The van der Waals surface area contributed by atoms with E-state index in [4.69, 9.17) is 5.11 Å². The molecule has 0 spiro atoms. The van der Waals surface area contributed by atoms with Gasteiger partial charge in [-0.1, -0.05) is 0 Å². The third-order valence-corrected chi connectivity index (χ3v) is 3.10. The highest BCUT2D eigenvalue weighted by Crippen LogP contribution is 2.30. The molecule has 0 unspecified atom stereocenters. The van der Waals surface area contributed by atoms with E-state index in [-0.39, 0.29) is 30.8 Å². The summed E-state index contributed by atoms with van der Waals surface area (Å²) < 4.78 is 0. The van der Waals surface area contributed by atoms with Crippen molar-refractivity contribution in [3.8, 4) is 0 Å². The van der Waals surface area contributed by atoms with Crippen molar-refractivity contribution in [2.75, 3.05) is 32.1 Å². The number of carbonyl (C=O) groups excluding carboxylic acids is 1. The number of nitro benzene ring substituents is 1. The van der Waals surface area contributed by atoms with Crippen molar-refractivity contribution in [2.45, 2.75) is 19.9 Å². The molecule has 7 heteroatoms. The molecule has 116 valence electrons. The topological polar surface area (TPSA) is 86.9 Å². The summed E-state index contributed by atoms with van der Waals surface area (Å²) in [4.78, 5) is 25.9. The maximum atomic E-state index is 12.0. The van der Waals surface area contributed by atoms with Gasteiger partial charge in [0, 0.05) is 38.3 Å². The number of anilines is 1. The summed E-state index contributed by atoms with van der Waals surface area (Å²) in [6.45, 7) is 3.89. The fraction of sp³-hybridized carbons (Fsp3) is 0.500. The van der Waals surface area contributed by atoms with Crippen LogP contribution in [0.25, 0.3) is 0 Å². The second kappa shape index (κ2) is 7.03. The number of nitro groups is 1. The Morgan fingerprint density at radius 2 is 2.00 bits per heavy atom. The molecule has 21 heavy (non-hydrogen) atoms. The molecule has 0 aromatic heterocycles. The van der Waals surface area contributed by atoms with Crippen molar-refractivity contribution >= 4 is 17.3 Å². The molecule has 0 aliphatic heterocycles. The molecule has 1 rings (SSSR count). The molecule has 0 radical (unpaired) electrons. The monoisotopic (exact) mass is 295 g/mol. The van der Waals surface area contributed by atoms with Gasteiger partial charge in [0.05, 0.1) is 11.5 Å². The number of rotatable bonds is 6. The Hall–Kier alpha value is -2.15. The van der Waals surface area contributed by atoms with E-state index in [1.807, 2.05) is 13.8 Å². The Balaban J connectivity index is 3.39. The highest BCUT2D eigenvalue weighted by Gasteiger charge is 2.23. The summed E-state index contributed by atoms with van der Waals surface area (Å²) in [5, 5.41) is 20.3. The van der Waals surface area contributed by atoms with Gasteiger partial charge in [0.25, 0.3) is 11.6 Å². The zero-order valence-corrected chi connectivity index (χ0v) is 12.7. The predicted octanol–water partition coefficient (Wildman–Crippen LogP) is 1.50. The van der Waals surface area contributed by atoms with Gasteiger partial charge in [-0.15, -0.1) is 0 Å². The van der Waals surface area contributed by atoms with Crippen LogP contribution >= 0.6 is 0 Å². The number of nitrogens with zero attached hydrogens (tertiary/aromatic N) is 3. The molecule has 1 aromatic carbocycles. The van der Waals surface area contributed by atoms with Gasteiger partial charge in [0.15, 0.2) is 0 Å². The number of aliphatic hydroxyl groups is 1. The zero-order valence-electron chi connectivity index (χ0n) is 12.7. The standard InChI is InChI=1S/C14H21N3O4/c1-10(2)16(7-8-18)13-9-11(14(19)15(3)4)5-6-12(13)17(20)21/h5-6,9-10,18H,7-8H2,1-4H3. The highest BCUT2D eigenvalue weighted by molar-refractivity contribution is 5.95. The molecular formula is C14H21N3O4. The number of hydrogen-bond donors (Lipinski definition) is 1. The molecule has 0 saturated carbocycles. The second-order valence-electron chi connectivity index (χ2n) is 5.17. The first-order chi connectivity index (χ1) is 9.79. The molecule has 0 heterocycles. The van der Waals surface area contributed by atoms with Crippen LogP contribution in [0.15, 0.2) is 18.2 Å². The molecule has 0 aliphatic carbocycles. The van der Waals surface area contributed by atoms with Crippen molar-refractivity contribution in [3.05, 3.63) is 33.9 Å². The van der Waals surface area contributed by atoms with Crippen molar-refractivity contribution in [1.29, 1.82) is 0 Å². The Labute approximate surface area is 123 Å². The minimum absolute atomic E-state index is 0.0411. The number of aliphatic hydroxyl groups excluding tert-OH is 1. The first-order valence-corrected chi connectivity index (χ1v) is 6.67. The van der Waals surface area contributed by atoms with Crippen LogP contribution in [0.5, 0.6) is 0 Å². The molecule has 0 bridgehead atoms. The molecule has 0 atom stereocenters. The molecule has 1 aromatic rings. The maximum absolute atomic E-state index is 12.0. The fourth-order valence-corrected chi connectivity index (χ4v) is 2.06. The number of benzene rings is 1.